The number of thioether (sulfide) groups is 1. The van der Waals surface area contributed by atoms with Crippen molar-refractivity contribution >= 4 is 17.7 Å². The largest absolute Gasteiger partial charge is 0.335 e. The van der Waals surface area contributed by atoms with E-state index in [0.717, 1.165) is 24.2 Å². The van der Waals surface area contributed by atoms with Crippen LogP contribution in [0.5, 0.6) is 0 Å². The second kappa shape index (κ2) is 9.26. The lowest BCUT2D eigenvalue weighted by atomic mass is 10.2. The minimum absolute atomic E-state index is 0.0137. The molecule has 1 aliphatic rings. The Kier molecular flexibility index (Phi) is 6.28. The molecule has 3 aromatic rings. The van der Waals surface area contributed by atoms with E-state index in [9.17, 15) is 9.18 Å². The summed E-state index contributed by atoms with van der Waals surface area (Å²) in [5.41, 5.74) is 1.51. The molecule has 0 unspecified atom stereocenters. The van der Waals surface area contributed by atoms with Crippen LogP contribution in [0.25, 0.3) is 11.4 Å². The van der Waals surface area contributed by atoms with Crippen LogP contribution < -0.4 is 0 Å². The lowest BCUT2D eigenvalue weighted by molar-refractivity contribution is -0.129. The third-order valence-corrected chi connectivity index (χ3v) is 5.94. The fourth-order valence-electron chi connectivity index (χ4n) is 3.32. The Morgan fingerprint density at radius 3 is 2.60 bits per heavy atom. The van der Waals surface area contributed by atoms with Crippen LogP contribution in [-0.2, 0) is 17.9 Å². The molecule has 0 aliphatic heterocycles. The van der Waals surface area contributed by atoms with Crippen LogP contribution >= 0.6 is 11.8 Å². The molecule has 5 nitrogen and oxygen atoms in total. The second-order valence-corrected chi connectivity index (χ2v) is 8.15. The van der Waals surface area contributed by atoms with Gasteiger partial charge in [0, 0.05) is 30.3 Å². The summed E-state index contributed by atoms with van der Waals surface area (Å²) < 4.78 is 16.0. The Morgan fingerprint density at radius 1 is 1.17 bits per heavy atom. The van der Waals surface area contributed by atoms with Crippen LogP contribution in [0, 0.1) is 5.82 Å². The minimum Gasteiger partial charge on any atom is -0.335 e. The fraction of sp³-hybridized carbons (Fsp3) is 0.261. The zero-order valence-corrected chi connectivity index (χ0v) is 17.4. The average molecular weight is 423 g/mol. The highest BCUT2D eigenvalue weighted by atomic mass is 32.2. The molecule has 1 fully saturated rings. The highest BCUT2D eigenvalue weighted by Gasteiger charge is 2.33. The molecule has 0 bridgehead atoms. The van der Waals surface area contributed by atoms with Crippen LogP contribution in [0.4, 0.5) is 4.39 Å². The Balaban J connectivity index is 1.48. The number of rotatable bonds is 9. The highest BCUT2D eigenvalue weighted by molar-refractivity contribution is 7.99. The van der Waals surface area contributed by atoms with E-state index in [2.05, 4.69) is 16.8 Å². The van der Waals surface area contributed by atoms with E-state index in [1.54, 1.807) is 29.2 Å². The van der Waals surface area contributed by atoms with Gasteiger partial charge in [-0.05, 0) is 18.9 Å². The van der Waals surface area contributed by atoms with Gasteiger partial charge in [0.2, 0.25) is 5.91 Å². The molecule has 1 amide bonds. The molecule has 154 valence electrons. The lowest BCUT2D eigenvalue weighted by Crippen LogP contribution is -2.34. The van der Waals surface area contributed by atoms with E-state index in [-0.39, 0.29) is 23.5 Å². The van der Waals surface area contributed by atoms with Gasteiger partial charge in [-0.15, -0.1) is 16.8 Å². The molecule has 1 aliphatic carbocycles. The summed E-state index contributed by atoms with van der Waals surface area (Å²) in [6.45, 7) is 4.67. The van der Waals surface area contributed by atoms with Crippen LogP contribution in [-0.4, -0.2) is 37.4 Å². The zero-order valence-electron chi connectivity index (χ0n) is 16.6. The molecular weight excluding hydrogens is 399 g/mol. The lowest BCUT2D eigenvalue weighted by Gasteiger charge is -2.22. The van der Waals surface area contributed by atoms with Gasteiger partial charge in [-0.3, -0.25) is 9.36 Å². The van der Waals surface area contributed by atoms with Crippen molar-refractivity contribution in [3.63, 3.8) is 0 Å². The monoisotopic (exact) mass is 422 g/mol. The fourth-order valence-corrected chi connectivity index (χ4v) is 4.15. The zero-order chi connectivity index (χ0) is 20.9. The van der Waals surface area contributed by atoms with E-state index >= 15 is 0 Å². The van der Waals surface area contributed by atoms with Gasteiger partial charge < -0.3 is 4.90 Å². The number of nitrogens with zero attached hydrogens (tertiary/aromatic N) is 4. The van der Waals surface area contributed by atoms with E-state index in [4.69, 9.17) is 0 Å². The van der Waals surface area contributed by atoms with E-state index in [1.165, 1.54) is 17.8 Å². The number of hydrogen-bond donors (Lipinski definition) is 0. The molecule has 4 rings (SSSR count). The van der Waals surface area contributed by atoms with Crippen LogP contribution in [0.3, 0.4) is 0 Å². The van der Waals surface area contributed by atoms with Crippen molar-refractivity contribution in [1.82, 2.24) is 19.7 Å². The Hall–Kier alpha value is -2.93. The third-order valence-electron chi connectivity index (χ3n) is 4.99. The molecule has 0 atom stereocenters. The predicted octanol–water partition coefficient (Wildman–Crippen LogP) is 4.55. The first-order chi connectivity index (χ1) is 14.7. The van der Waals surface area contributed by atoms with Crippen molar-refractivity contribution in [2.24, 2.45) is 0 Å². The van der Waals surface area contributed by atoms with Gasteiger partial charge in [0.1, 0.15) is 5.82 Å². The second-order valence-electron chi connectivity index (χ2n) is 7.20. The quantitative estimate of drug-likeness (QED) is 0.375. The topological polar surface area (TPSA) is 51.0 Å². The van der Waals surface area contributed by atoms with E-state index < -0.39 is 0 Å². The summed E-state index contributed by atoms with van der Waals surface area (Å²) in [6, 6.07) is 16.6. The summed E-state index contributed by atoms with van der Waals surface area (Å²) >= 11 is 1.36. The number of halogens is 1. The van der Waals surface area contributed by atoms with E-state index in [0.29, 0.717) is 23.8 Å². The van der Waals surface area contributed by atoms with Crippen molar-refractivity contribution < 1.29 is 9.18 Å². The average Bonchev–Trinajstić information content (AvgIpc) is 3.53. The highest BCUT2D eigenvalue weighted by Crippen LogP contribution is 2.30. The van der Waals surface area contributed by atoms with Gasteiger partial charge in [0.15, 0.2) is 11.0 Å². The third kappa shape index (κ3) is 4.62. The molecule has 0 radical (unpaired) electrons. The van der Waals surface area contributed by atoms with Crippen LogP contribution in [0.15, 0.2) is 72.4 Å². The molecule has 30 heavy (non-hydrogen) atoms. The number of carbonyl (C=O) groups excluding carboxylic acids is 1. The van der Waals surface area contributed by atoms with Crippen LogP contribution in [0.2, 0.25) is 0 Å². The number of amides is 1. The van der Waals surface area contributed by atoms with Gasteiger partial charge in [-0.25, -0.2) is 4.39 Å². The molecule has 2 aromatic carbocycles. The van der Waals surface area contributed by atoms with Gasteiger partial charge in [-0.1, -0.05) is 66.4 Å². The van der Waals surface area contributed by atoms with Gasteiger partial charge in [0.05, 0.1) is 5.75 Å². The maximum Gasteiger partial charge on any atom is 0.233 e. The molecule has 1 saturated carbocycles. The molecule has 7 heteroatoms. The van der Waals surface area contributed by atoms with Gasteiger partial charge in [0.25, 0.3) is 0 Å². The molecule has 1 aromatic heterocycles. The number of aromatic nitrogens is 3. The Bertz CT molecular complexity index is 1030. The first-order valence-electron chi connectivity index (χ1n) is 9.92. The van der Waals surface area contributed by atoms with Crippen LogP contribution in [0.1, 0.15) is 18.4 Å². The summed E-state index contributed by atoms with van der Waals surface area (Å²) in [4.78, 5) is 14.8. The Labute approximate surface area is 179 Å². The minimum atomic E-state index is -0.276. The van der Waals surface area contributed by atoms with Crippen molar-refractivity contribution in [2.45, 2.75) is 37.1 Å². The number of benzene rings is 2. The Morgan fingerprint density at radius 2 is 1.90 bits per heavy atom. The summed E-state index contributed by atoms with van der Waals surface area (Å²) in [7, 11) is 0. The first-order valence-corrected chi connectivity index (χ1v) is 10.9. The maximum absolute atomic E-state index is 14.1. The van der Waals surface area contributed by atoms with Crippen molar-refractivity contribution in [3.8, 4) is 11.4 Å². The van der Waals surface area contributed by atoms with Crippen molar-refractivity contribution in [2.75, 3.05) is 5.75 Å². The SMILES string of the molecule is C=CCn1c(SCC(=O)N(Cc2ccccc2F)C2CC2)nnc1-c1ccccc1. The smallest absolute Gasteiger partial charge is 0.233 e. The molecule has 0 saturated heterocycles. The van der Waals surface area contributed by atoms with Crippen molar-refractivity contribution in [1.29, 1.82) is 0 Å². The maximum atomic E-state index is 14.1. The number of hydrogen-bond acceptors (Lipinski definition) is 4. The number of allylic oxidation sites excluding steroid dienone is 1. The molecule has 1 heterocycles. The molecule has 0 spiro atoms. The van der Waals surface area contributed by atoms with Crippen molar-refractivity contribution in [3.05, 3.63) is 78.6 Å². The summed E-state index contributed by atoms with van der Waals surface area (Å²) in [5, 5.41) is 9.29. The van der Waals surface area contributed by atoms with Gasteiger partial charge >= 0.3 is 0 Å². The predicted molar refractivity (Wildman–Crippen MR) is 116 cm³/mol. The number of carbonyl (C=O) groups is 1. The normalized spacial score (nSPS) is 13.2. The molecule has 0 N–H and O–H groups in total. The first kappa shape index (κ1) is 20.3. The molecular formula is C23H23FN4OS. The van der Waals surface area contributed by atoms with Gasteiger partial charge in [-0.2, -0.15) is 0 Å². The summed E-state index contributed by atoms with van der Waals surface area (Å²) in [5.74, 6) is 0.688. The van der Waals surface area contributed by atoms with E-state index in [1.807, 2.05) is 34.9 Å². The standard InChI is InChI=1S/C23H23FN4OS/c1-2-14-27-22(17-8-4-3-5-9-17)25-26-23(27)30-16-21(29)28(19-12-13-19)15-18-10-6-7-11-20(18)24/h2-11,19H,1,12-16H2. The summed E-state index contributed by atoms with van der Waals surface area (Å²) in [6.07, 6.45) is 3.72.